The summed E-state index contributed by atoms with van der Waals surface area (Å²) in [5, 5.41) is 2.07. The standard InChI is InChI=1S/C9H16N4O6S.Na/c1-11(2)10-8(14)7-4-3-6-5-12(7)9(15)13(6)19-20(16,17)18;/h6-7H,3-5H2,1-2H3,(H,10,14)(H,16,17,18);. The quantitative estimate of drug-likeness (QED) is 0.354. The molecule has 0 saturated carbocycles. The predicted octanol–water partition coefficient (Wildman–Crippen LogP) is -1.80. The Morgan fingerprint density at radius 2 is 2.05 bits per heavy atom. The van der Waals surface area contributed by atoms with E-state index in [2.05, 4.69) is 9.71 Å². The Morgan fingerprint density at radius 1 is 1.43 bits per heavy atom. The van der Waals surface area contributed by atoms with Crippen LogP contribution in [0.1, 0.15) is 12.8 Å². The Kier molecular flexibility index (Phi) is 6.00. The molecule has 0 aliphatic carbocycles. The van der Waals surface area contributed by atoms with Crippen LogP contribution in [-0.2, 0) is 19.5 Å². The van der Waals surface area contributed by atoms with E-state index >= 15 is 0 Å². The summed E-state index contributed by atoms with van der Waals surface area (Å²) < 4.78 is 34.4. The van der Waals surface area contributed by atoms with Crippen LogP contribution >= 0.6 is 0 Å². The second-order valence-corrected chi connectivity index (χ2v) is 5.88. The zero-order chi connectivity index (χ0) is 15.1. The summed E-state index contributed by atoms with van der Waals surface area (Å²) in [5.74, 6) is -0.351. The van der Waals surface area contributed by atoms with Gasteiger partial charge in [-0.05, 0) is 12.8 Å². The molecule has 115 valence electrons. The number of nitrogens with zero attached hydrogens (tertiary/aromatic N) is 3. The molecule has 21 heavy (non-hydrogen) atoms. The number of hydrogen-bond donors (Lipinski definition) is 2. The van der Waals surface area contributed by atoms with Crippen LogP contribution in [0.25, 0.3) is 0 Å². The van der Waals surface area contributed by atoms with E-state index in [0.717, 1.165) is 0 Å². The van der Waals surface area contributed by atoms with Crippen molar-refractivity contribution in [1.29, 1.82) is 0 Å². The van der Waals surface area contributed by atoms with Gasteiger partial charge in [0.15, 0.2) is 0 Å². The monoisotopic (exact) mass is 331 g/mol. The average molecular weight is 331 g/mol. The van der Waals surface area contributed by atoms with E-state index in [9.17, 15) is 18.0 Å². The van der Waals surface area contributed by atoms with E-state index in [1.54, 1.807) is 14.1 Å². The van der Waals surface area contributed by atoms with Gasteiger partial charge >= 0.3 is 16.4 Å². The molecule has 2 heterocycles. The number of hydrazine groups is 1. The number of carbonyl (C=O) groups is 2. The van der Waals surface area contributed by atoms with Crippen LogP contribution < -0.4 is 5.43 Å². The molecule has 0 aromatic rings. The van der Waals surface area contributed by atoms with Crippen LogP contribution in [-0.4, -0.2) is 102 Å². The van der Waals surface area contributed by atoms with Gasteiger partial charge in [-0.15, -0.1) is 4.28 Å². The van der Waals surface area contributed by atoms with Crippen LogP contribution in [0.3, 0.4) is 0 Å². The van der Waals surface area contributed by atoms with E-state index in [4.69, 9.17) is 4.55 Å². The van der Waals surface area contributed by atoms with E-state index in [1.807, 2.05) is 0 Å². The Hall–Kier alpha value is -0.430. The molecule has 2 bridgehead atoms. The SMILES string of the molecule is CN(C)NC(=O)C1CCC2CN1C(=O)N2OS(=O)(=O)O.[Na]. The summed E-state index contributed by atoms with van der Waals surface area (Å²) in [6.45, 7) is 0.180. The van der Waals surface area contributed by atoms with Gasteiger partial charge < -0.3 is 4.90 Å². The van der Waals surface area contributed by atoms with Crippen molar-refractivity contribution in [2.24, 2.45) is 0 Å². The third kappa shape index (κ3) is 4.28. The van der Waals surface area contributed by atoms with Crippen molar-refractivity contribution < 1.29 is 26.8 Å². The van der Waals surface area contributed by atoms with Crippen molar-refractivity contribution in [3.05, 3.63) is 0 Å². The van der Waals surface area contributed by atoms with Gasteiger partial charge in [0.05, 0.1) is 6.04 Å². The van der Waals surface area contributed by atoms with E-state index in [-0.39, 0.29) is 42.0 Å². The molecule has 3 amide bonds. The molecule has 2 unspecified atom stereocenters. The molecule has 2 aliphatic rings. The third-order valence-electron chi connectivity index (χ3n) is 3.13. The van der Waals surface area contributed by atoms with E-state index in [0.29, 0.717) is 17.9 Å². The molecule has 2 N–H and O–H groups in total. The molecule has 1 radical (unpaired) electrons. The van der Waals surface area contributed by atoms with Crippen molar-refractivity contribution in [2.75, 3.05) is 20.6 Å². The Labute approximate surface area is 144 Å². The molecule has 2 rings (SSSR count). The van der Waals surface area contributed by atoms with Crippen molar-refractivity contribution in [3.63, 3.8) is 0 Å². The van der Waals surface area contributed by atoms with Gasteiger partial charge in [-0.1, -0.05) is 0 Å². The first-order chi connectivity index (χ1) is 9.19. The van der Waals surface area contributed by atoms with E-state index < -0.39 is 28.5 Å². The molecule has 12 heteroatoms. The van der Waals surface area contributed by atoms with Gasteiger partial charge in [0.1, 0.15) is 6.04 Å². The molecule has 2 aliphatic heterocycles. The summed E-state index contributed by atoms with van der Waals surface area (Å²) >= 11 is 0. The minimum absolute atomic E-state index is 0. The largest absolute Gasteiger partial charge is 0.418 e. The number of piperidine rings is 1. The Balaban J connectivity index is 0.00000220. The fraction of sp³-hybridized carbons (Fsp3) is 0.778. The molecule has 0 aromatic heterocycles. The number of hydroxylamine groups is 2. The average Bonchev–Trinajstić information content (AvgIpc) is 2.52. The molecular weight excluding hydrogens is 315 g/mol. The van der Waals surface area contributed by atoms with Crippen molar-refractivity contribution in [2.45, 2.75) is 24.9 Å². The molecule has 0 aromatic carbocycles. The maximum absolute atomic E-state index is 12.0. The number of nitrogens with one attached hydrogen (secondary N) is 1. The van der Waals surface area contributed by atoms with Gasteiger partial charge in [-0.2, -0.15) is 13.5 Å². The first-order valence-electron chi connectivity index (χ1n) is 5.93. The fourth-order valence-corrected chi connectivity index (χ4v) is 2.79. The summed E-state index contributed by atoms with van der Waals surface area (Å²) in [6, 6.07) is -1.92. The Morgan fingerprint density at radius 3 is 2.57 bits per heavy atom. The Bertz CT molecular complexity index is 526. The minimum Gasteiger partial charge on any atom is -0.309 e. The zero-order valence-electron chi connectivity index (χ0n) is 12.0. The number of carbonyl (C=O) groups excluding carboxylic acids is 2. The topological polar surface area (TPSA) is 119 Å². The van der Waals surface area contributed by atoms with Crippen LogP contribution in [0.2, 0.25) is 0 Å². The van der Waals surface area contributed by atoms with Crippen molar-refractivity contribution >= 4 is 51.9 Å². The van der Waals surface area contributed by atoms with Gasteiger partial charge in [0.2, 0.25) is 0 Å². The number of urea groups is 1. The summed E-state index contributed by atoms with van der Waals surface area (Å²) in [6.07, 6.45) is 0.796. The second kappa shape index (κ2) is 6.77. The van der Waals surface area contributed by atoms with Gasteiger partial charge in [-0.3, -0.25) is 14.8 Å². The number of hydrogen-bond acceptors (Lipinski definition) is 6. The summed E-state index contributed by atoms with van der Waals surface area (Å²) in [4.78, 5) is 25.2. The number of fused-ring (bicyclic) bond motifs is 2. The molecule has 0 spiro atoms. The maximum Gasteiger partial charge on any atom is 0.418 e. The van der Waals surface area contributed by atoms with Crippen molar-refractivity contribution in [1.82, 2.24) is 20.4 Å². The maximum atomic E-state index is 12.0. The third-order valence-corrected chi connectivity index (χ3v) is 3.48. The molecular formula is C9H16N4NaO6S. The number of amides is 3. The van der Waals surface area contributed by atoms with Crippen LogP contribution in [0.15, 0.2) is 0 Å². The number of rotatable bonds is 4. The summed E-state index contributed by atoms with van der Waals surface area (Å²) in [7, 11) is -1.48. The van der Waals surface area contributed by atoms with Crippen LogP contribution in [0, 0.1) is 0 Å². The van der Waals surface area contributed by atoms with Gasteiger partial charge in [0.25, 0.3) is 5.91 Å². The van der Waals surface area contributed by atoms with Gasteiger partial charge in [-0.25, -0.2) is 9.80 Å². The van der Waals surface area contributed by atoms with Crippen LogP contribution in [0.5, 0.6) is 0 Å². The first-order valence-corrected chi connectivity index (χ1v) is 7.30. The van der Waals surface area contributed by atoms with Crippen molar-refractivity contribution in [3.8, 4) is 0 Å². The van der Waals surface area contributed by atoms with Gasteiger partial charge in [0, 0.05) is 50.2 Å². The first kappa shape index (κ1) is 18.6. The molecule has 2 atom stereocenters. The smallest absolute Gasteiger partial charge is 0.309 e. The summed E-state index contributed by atoms with van der Waals surface area (Å²) in [5.41, 5.74) is 2.55. The predicted molar refractivity (Wildman–Crippen MR) is 71.0 cm³/mol. The minimum atomic E-state index is -4.77. The molecule has 10 nitrogen and oxygen atoms in total. The van der Waals surface area contributed by atoms with E-state index in [1.165, 1.54) is 9.91 Å². The fourth-order valence-electron chi connectivity index (χ4n) is 2.40. The molecule has 2 saturated heterocycles. The molecule has 2 fully saturated rings. The second-order valence-electron chi connectivity index (χ2n) is 4.88. The zero-order valence-corrected chi connectivity index (χ0v) is 14.8. The van der Waals surface area contributed by atoms with Crippen LogP contribution in [0.4, 0.5) is 4.79 Å². The normalized spacial score (nSPS) is 25.0.